The van der Waals surface area contributed by atoms with E-state index in [1.165, 1.54) is 12.2 Å². The highest BCUT2D eigenvalue weighted by Gasteiger charge is 2.18. The molecule has 3 nitrogen and oxygen atoms in total. The Morgan fingerprint density at radius 2 is 1.85 bits per heavy atom. The molecule has 0 spiro atoms. The Morgan fingerprint density at radius 1 is 1.23 bits per heavy atom. The van der Waals surface area contributed by atoms with Crippen molar-refractivity contribution in [1.82, 2.24) is 15.1 Å². The van der Waals surface area contributed by atoms with Crippen LogP contribution in [0.25, 0.3) is 0 Å². The molecule has 0 saturated heterocycles. The van der Waals surface area contributed by atoms with E-state index in [1.54, 1.807) is 11.8 Å². The molecule has 0 rings (SSSR count). The molecule has 0 saturated carbocycles. The van der Waals surface area contributed by atoms with Crippen LogP contribution >= 0.6 is 0 Å². The average molecular weight is 378 g/mol. The highest BCUT2D eigenvalue weighted by molar-refractivity contribution is 5.18. The van der Waals surface area contributed by atoms with Crippen LogP contribution in [0.5, 0.6) is 0 Å². The molecule has 154 valence electrons. The molecule has 0 aromatic heterocycles. The summed E-state index contributed by atoms with van der Waals surface area (Å²) in [5, 5.41) is 3.19. The monoisotopic (exact) mass is 377 g/mol. The van der Waals surface area contributed by atoms with E-state index in [9.17, 15) is 13.2 Å². The predicted molar refractivity (Wildman–Crippen MR) is 105 cm³/mol. The van der Waals surface area contributed by atoms with Gasteiger partial charge in [-0.2, -0.15) is 0 Å². The molecular weight excluding hydrogens is 339 g/mol. The molecule has 0 aliphatic heterocycles. The van der Waals surface area contributed by atoms with Crippen molar-refractivity contribution in [3.8, 4) is 0 Å². The highest BCUT2D eigenvalue weighted by Crippen LogP contribution is 2.20. The van der Waals surface area contributed by atoms with Gasteiger partial charge in [-0.25, -0.2) is 13.2 Å². The Balaban J connectivity index is 4.84. The van der Waals surface area contributed by atoms with Crippen LogP contribution in [-0.2, 0) is 0 Å². The van der Waals surface area contributed by atoms with Crippen LogP contribution in [0.3, 0.4) is 0 Å². The average Bonchev–Trinajstić information content (AvgIpc) is 2.51. The normalized spacial score (nSPS) is 15.1. The zero-order valence-electron chi connectivity index (χ0n) is 17.6. The lowest BCUT2D eigenvalue weighted by Gasteiger charge is -2.28. The van der Waals surface area contributed by atoms with E-state index in [4.69, 9.17) is 0 Å². The molecule has 0 bridgehead atoms. The van der Waals surface area contributed by atoms with Gasteiger partial charge < -0.3 is 10.2 Å². The summed E-state index contributed by atoms with van der Waals surface area (Å²) in [5.41, 5.74) is 0.990. The summed E-state index contributed by atoms with van der Waals surface area (Å²) in [5.74, 6) is -0.383. The lowest BCUT2D eigenvalue weighted by molar-refractivity contribution is 0.0783. The first kappa shape index (κ1) is 25.0. The molecule has 1 unspecified atom stereocenters. The second-order valence-electron chi connectivity index (χ2n) is 7.83. The maximum Gasteiger partial charge on any atom is 0.251 e. The largest absolute Gasteiger partial charge is 0.378 e. The van der Waals surface area contributed by atoms with Crippen LogP contribution in [0.2, 0.25) is 0 Å². The van der Waals surface area contributed by atoms with Crippen LogP contribution < -0.4 is 5.32 Å². The van der Waals surface area contributed by atoms with E-state index >= 15 is 0 Å². The molecule has 0 heterocycles. The predicted octanol–water partition coefficient (Wildman–Crippen LogP) is 4.68. The van der Waals surface area contributed by atoms with Gasteiger partial charge in [0.2, 0.25) is 0 Å². The lowest BCUT2D eigenvalue weighted by Crippen LogP contribution is -2.36. The summed E-state index contributed by atoms with van der Waals surface area (Å²) in [6.45, 7) is 11.9. The molecule has 0 aromatic carbocycles. The van der Waals surface area contributed by atoms with Gasteiger partial charge in [0, 0.05) is 31.9 Å². The molecule has 0 fully saturated rings. The SMILES string of the molecule is CCCN(CC(F)F)C(C)/C=C(F)/C=C(\C)N(C)CCC(C)(C)CNC. The van der Waals surface area contributed by atoms with Gasteiger partial charge in [-0.05, 0) is 57.8 Å². The number of hydrogen-bond acceptors (Lipinski definition) is 3. The second-order valence-corrected chi connectivity index (χ2v) is 7.83. The maximum atomic E-state index is 14.3. The molecule has 26 heavy (non-hydrogen) atoms. The van der Waals surface area contributed by atoms with E-state index in [2.05, 4.69) is 19.2 Å². The molecule has 1 N–H and O–H groups in total. The van der Waals surface area contributed by atoms with Crippen LogP contribution in [0, 0.1) is 5.41 Å². The Morgan fingerprint density at radius 3 is 2.35 bits per heavy atom. The topological polar surface area (TPSA) is 18.5 Å². The van der Waals surface area contributed by atoms with E-state index in [1.807, 2.05) is 32.8 Å². The van der Waals surface area contributed by atoms with Crippen molar-refractivity contribution in [3.63, 3.8) is 0 Å². The minimum atomic E-state index is -2.41. The molecule has 1 atom stereocenters. The Labute approximate surface area is 158 Å². The van der Waals surface area contributed by atoms with Crippen molar-refractivity contribution < 1.29 is 13.2 Å². The van der Waals surface area contributed by atoms with Gasteiger partial charge in [0.1, 0.15) is 5.83 Å². The summed E-state index contributed by atoms with van der Waals surface area (Å²) >= 11 is 0. The fourth-order valence-electron chi connectivity index (χ4n) is 2.83. The second kappa shape index (κ2) is 12.4. The van der Waals surface area contributed by atoms with Gasteiger partial charge in [0.15, 0.2) is 0 Å². The minimum Gasteiger partial charge on any atom is -0.378 e. The van der Waals surface area contributed by atoms with Crippen LogP contribution in [0.1, 0.15) is 47.5 Å². The third kappa shape index (κ3) is 10.9. The molecule has 0 radical (unpaired) electrons. The summed E-state index contributed by atoms with van der Waals surface area (Å²) in [4.78, 5) is 3.63. The summed E-state index contributed by atoms with van der Waals surface area (Å²) in [7, 11) is 3.88. The van der Waals surface area contributed by atoms with Crippen molar-refractivity contribution in [3.05, 3.63) is 23.7 Å². The van der Waals surface area contributed by atoms with Crippen molar-refractivity contribution in [2.45, 2.75) is 59.9 Å². The molecular formula is C20H38F3N3. The van der Waals surface area contributed by atoms with Crippen molar-refractivity contribution in [2.24, 2.45) is 5.41 Å². The zero-order valence-corrected chi connectivity index (χ0v) is 17.6. The first-order valence-corrected chi connectivity index (χ1v) is 9.46. The van der Waals surface area contributed by atoms with Crippen LogP contribution in [-0.4, -0.2) is 62.5 Å². The standard InChI is InChI=1S/C20H38F3N3/c1-8-10-26(14-19(22)23)17(3)13-18(21)12-16(2)25(7)11-9-20(4,5)15-24-6/h12-13,17,19,24H,8-11,14-15H2,1-7H3/b16-12+,18-13-. The number of nitrogens with one attached hydrogen (secondary N) is 1. The first-order valence-electron chi connectivity index (χ1n) is 9.46. The summed E-state index contributed by atoms with van der Waals surface area (Å²) in [6.07, 6.45) is 2.22. The summed E-state index contributed by atoms with van der Waals surface area (Å²) < 4.78 is 39.7. The first-order chi connectivity index (χ1) is 12.0. The molecule has 0 amide bonds. The van der Waals surface area contributed by atoms with Gasteiger partial charge in [-0.15, -0.1) is 0 Å². The smallest absolute Gasteiger partial charge is 0.251 e. The lowest BCUT2D eigenvalue weighted by atomic mass is 9.89. The number of nitrogens with zero attached hydrogens (tertiary/aromatic N) is 2. The number of halogens is 3. The Kier molecular flexibility index (Phi) is 11.9. The molecule has 0 aliphatic rings. The van der Waals surface area contributed by atoms with E-state index in [-0.39, 0.29) is 23.8 Å². The molecule has 6 heteroatoms. The van der Waals surface area contributed by atoms with Gasteiger partial charge in [-0.1, -0.05) is 20.8 Å². The fraction of sp³-hybridized carbons (Fsp3) is 0.800. The number of hydrogen-bond donors (Lipinski definition) is 1. The van der Waals surface area contributed by atoms with E-state index in [0.29, 0.717) is 6.54 Å². The minimum absolute atomic E-state index is 0.169. The Bertz CT molecular complexity index is 448. The van der Waals surface area contributed by atoms with Crippen LogP contribution in [0.4, 0.5) is 13.2 Å². The Hall–Kier alpha value is -1.01. The van der Waals surface area contributed by atoms with Crippen molar-refractivity contribution in [1.29, 1.82) is 0 Å². The summed E-state index contributed by atoms with van der Waals surface area (Å²) in [6, 6.07) is -0.368. The van der Waals surface area contributed by atoms with Gasteiger partial charge >= 0.3 is 0 Å². The third-order valence-corrected chi connectivity index (χ3v) is 4.59. The zero-order chi connectivity index (χ0) is 20.3. The number of alkyl halides is 2. The number of rotatable bonds is 13. The van der Waals surface area contributed by atoms with E-state index < -0.39 is 6.43 Å². The third-order valence-electron chi connectivity index (χ3n) is 4.59. The van der Waals surface area contributed by atoms with E-state index in [0.717, 1.165) is 31.6 Å². The molecule has 0 aromatic rings. The molecule has 0 aliphatic carbocycles. The number of allylic oxidation sites excluding steroid dienone is 3. The highest BCUT2D eigenvalue weighted by atomic mass is 19.3. The maximum absolute atomic E-state index is 14.3. The van der Waals surface area contributed by atoms with Crippen LogP contribution in [0.15, 0.2) is 23.7 Å². The van der Waals surface area contributed by atoms with Crippen molar-refractivity contribution in [2.75, 3.05) is 40.3 Å². The fourth-order valence-corrected chi connectivity index (χ4v) is 2.83. The van der Waals surface area contributed by atoms with Crippen molar-refractivity contribution >= 4 is 0 Å². The quantitative estimate of drug-likeness (QED) is 0.470. The van der Waals surface area contributed by atoms with Gasteiger partial charge in [-0.3, -0.25) is 4.90 Å². The van der Waals surface area contributed by atoms with Gasteiger partial charge in [0.25, 0.3) is 6.43 Å². The van der Waals surface area contributed by atoms with Gasteiger partial charge in [0.05, 0.1) is 6.54 Å².